The maximum atomic E-state index is 7.00. The predicted octanol–water partition coefficient (Wildman–Crippen LogP) is 2.03. The highest BCUT2D eigenvalue weighted by atomic mass is 16.2. The Morgan fingerprint density at radius 1 is 1.25 bits per heavy atom. The molecule has 0 saturated heterocycles. The molecule has 2 nitrogen and oxygen atoms in total. The second-order valence-corrected chi connectivity index (χ2v) is 3.07. The zero-order chi connectivity index (χ0) is 9.82. The number of aliphatic hydroxyl groups is 1. The van der Waals surface area contributed by atoms with Crippen LogP contribution in [0.5, 0.6) is 0 Å². The van der Waals surface area contributed by atoms with E-state index in [2.05, 4.69) is 26.1 Å². The molecule has 0 radical (unpaired) electrons. The van der Waals surface area contributed by atoms with Gasteiger partial charge in [0.1, 0.15) is 0 Å². The van der Waals surface area contributed by atoms with Gasteiger partial charge >= 0.3 is 0 Å². The van der Waals surface area contributed by atoms with Crippen molar-refractivity contribution in [2.24, 2.45) is 5.92 Å². The quantitative estimate of drug-likeness (QED) is 0.605. The fourth-order valence-electron chi connectivity index (χ4n) is 0.795. The fraction of sp³-hybridized carbons (Fsp3) is 1.00. The third-order valence-electron chi connectivity index (χ3n) is 1.90. The minimum Gasteiger partial charge on any atom is -0.400 e. The van der Waals surface area contributed by atoms with Gasteiger partial charge in [0.2, 0.25) is 0 Å². The molecule has 12 heavy (non-hydrogen) atoms. The van der Waals surface area contributed by atoms with Crippen molar-refractivity contribution in [3.8, 4) is 0 Å². The summed E-state index contributed by atoms with van der Waals surface area (Å²) in [7, 11) is 1.00. The number of hydrogen-bond donors (Lipinski definition) is 2. The molecule has 0 aromatic rings. The molecule has 0 fully saturated rings. The molecule has 0 aromatic heterocycles. The van der Waals surface area contributed by atoms with Gasteiger partial charge in [-0.15, -0.1) is 0 Å². The number of nitrogens with one attached hydrogen (secondary N) is 1. The molecule has 0 bridgehead atoms. The number of hydrogen-bond acceptors (Lipinski definition) is 2. The van der Waals surface area contributed by atoms with E-state index in [0.29, 0.717) is 0 Å². The molecule has 0 aliphatic carbocycles. The van der Waals surface area contributed by atoms with Crippen molar-refractivity contribution in [3.05, 3.63) is 0 Å². The van der Waals surface area contributed by atoms with Gasteiger partial charge in [-0.3, -0.25) is 0 Å². The van der Waals surface area contributed by atoms with Gasteiger partial charge in [-0.2, -0.15) is 0 Å². The predicted molar refractivity (Wildman–Crippen MR) is 55.4 cm³/mol. The molecule has 1 unspecified atom stereocenters. The molecule has 2 N–H and O–H groups in total. The summed E-state index contributed by atoms with van der Waals surface area (Å²) in [4.78, 5) is 0. The molecular formula is C10H25NO. The van der Waals surface area contributed by atoms with Crippen molar-refractivity contribution in [2.75, 3.05) is 20.2 Å². The lowest BCUT2D eigenvalue weighted by atomic mass is 10.1. The summed E-state index contributed by atoms with van der Waals surface area (Å²) in [6, 6.07) is 0. The van der Waals surface area contributed by atoms with E-state index in [4.69, 9.17) is 5.11 Å². The summed E-state index contributed by atoms with van der Waals surface area (Å²) >= 11 is 0. The van der Waals surface area contributed by atoms with Gasteiger partial charge in [0.25, 0.3) is 0 Å². The van der Waals surface area contributed by atoms with Crippen molar-refractivity contribution < 1.29 is 5.11 Å². The van der Waals surface area contributed by atoms with Gasteiger partial charge in [0.15, 0.2) is 0 Å². The Morgan fingerprint density at radius 2 is 1.83 bits per heavy atom. The third kappa shape index (κ3) is 12.6. The molecule has 0 spiro atoms. The number of aliphatic hydroxyl groups excluding tert-OH is 1. The van der Waals surface area contributed by atoms with Gasteiger partial charge in [-0.05, 0) is 25.4 Å². The van der Waals surface area contributed by atoms with Crippen LogP contribution >= 0.6 is 0 Å². The SMILES string of the molecule is CCCCNCC(C)CC.CO. The second-order valence-electron chi connectivity index (χ2n) is 3.07. The Morgan fingerprint density at radius 3 is 2.25 bits per heavy atom. The summed E-state index contributed by atoms with van der Waals surface area (Å²) in [5, 5.41) is 10.4. The summed E-state index contributed by atoms with van der Waals surface area (Å²) < 4.78 is 0. The lowest BCUT2D eigenvalue weighted by molar-refractivity contribution is 0.399. The maximum absolute atomic E-state index is 7.00. The molecule has 2 heteroatoms. The first-order chi connectivity index (χ1) is 5.81. The largest absolute Gasteiger partial charge is 0.400 e. The van der Waals surface area contributed by atoms with Crippen LogP contribution in [0.3, 0.4) is 0 Å². The first-order valence-electron chi connectivity index (χ1n) is 4.96. The highest BCUT2D eigenvalue weighted by Gasteiger charge is 1.95. The van der Waals surface area contributed by atoms with E-state index in [-0.39, 0.29) is 0 Å². The summed E-state index contributed by atoms with van der Waals surface area (Å²) in [6.45, 7) is 9.15. The molecule has 0 aliphatic heterocycles. The molecule has 76 valence electrons. The Labute approximate surface area is 77.4 Å². The summed E-state index contributed by atoms with van der Waals surface area (Å²) in [5.74, 6) is 0.844. The van der Waals surface area contributed by atoms with Crippen LogP contribution in [-0.2, 0) is 0 Å². The van der Waals surface area contributed by atoms with Gasteiger partial charge < -0.3 is 10.4 Å². The molecule has 0 amide bonds. The average Bonchev–Trinajstić information content (AvgIpc) is 2.15. The number of unbranched alkanes of at least 4 members (excludes halogenated alkanes) is 1. The molecule has 0 saturated carbocycles. The topological polar surface area (TPSA) is 32.3 Å². The van der Waals surface area contributed by atoms with Crippen LogP contribution in [0.1, 0.15) is 40.0 Å². The molecule has 0 rings (SSSR count). The standard InChI is InChI=1S/C9H21N.CH4O/c1-4-6-7-10-8-9(3)5-2;1-2/h9-10H,4-8H2,1-3H3;2H,1H3. The maximum Gasteiger partial charge on any atom is 0.0319 e. The van der Waals surface area contributed by atoms with Crippen molar-refractivity contribution in [3.63, 3.8) is 0 Å². The minimum atomic E-state index is 0.844. The smallest absolute Gasteiger partial charge is 0.0319 e. The van der Waals surface area contributed by atoms with Crippen LogP contribution in [0.15, 0.2) is 0 Å². The molecule has 0 heterocycles. The van der Waals surface area contributed by atoms with E-state index in [1.54, 1.807) is 0 Å². The Hall–Kier alpha value is -0.0800. The van der Waals surface area contributed by atoms with Crippen LogP contribution in [0, 0.1) is 5.92 Å². The van der Waals surface area contributed by atoms with Gasteiger partial charge in [-0.25, -0.2) is 0 Å². The number of rotatable bonds is 6. The molecule has 1 atom stereocenters. The monoisotopic (exact) mass is 175 g/mol. The summed E-state index contributed by atoms with van der Waals surface area (Å²) in [5.41, 5.74) is 0. The normalized spacial score (nSPS) is 11.8. The van der Waals surface area contributed by atoms with E-state index in [1.807, 2.05) is 0 Å². The van der Waals surface area contributed by atoms with Crippen molar-refractivity contribution in [2.45, 2.75) is 40.0 Å². The van der Waals surface area contributed by atoms with Crippen LogP contribution in [0.25, 0.3) is 0 Å². The van der Waals surface area contributed by atoms with E-state index < -0.39 is 0 Å². The minimum absolute atomic E-state index is 0.844. The summed E-state index contributed by atoms with van der Waals surface area (Å²) in [6.07, 6.45) is 3.91. The first kappa shape index (κ1) is 14.4. The van der Waals surface area contributed by atoms with Crippen molar-refractivity contribution in [1.82, 2.24) is 5.32 Å². The highest BCUT2D eigenvalue weighted by Crippen LogP contribution is 1.96. The Kier molecular flexibility index (Phi) is 16.3. The van der Waals surface area contributed by atoms with E-state index in [1.165, 1.54) is 32.4 Å². The van der Waals surface area contributed by atoms with E-state index >= 15 is 0 Å². The van der Waals surface area contributed by atoms with Gasteiger partial charge in [-0.1, -0.05) is 33.6 Å². The molecule has 0 aromatic carbocycles. The fourth-order valence-corrected chi connectivity index (χ4v) is 0.795. The highest BCUT2D eigenvalue weighted by molar-refractivity contribution is 4.53. The molecular weight excluding hydrogens is 150 g/mol. The lowest BCUT2D eigenvalue weighted by Gasteiger charge is -2.08. The van der Waals surface area contributed by atoms with Crippen LogP contribution in [-0.4, -0.2) is 25.3 Å². The van der Waals surface area contributed by atoms with Crippen LogP contribution in [0.4, 0.5) is 0 Å². The second kappa shape index (κ2) is 13.5. The first-order valence-corrected chi connectivity index (χ1v) is 4.96. The zero-order valence-corrected chi connectivity index (χ0v) is 9.06. The average molecular weight is 175 g/mol. The van der Waals surface area contributed by atoms with Gasteiger partial charge in [0.05, 0.1) is 0 Å². The van der Waals surface area contributed by atoms with Crippen molar-refractivity contribution in [1.29, 1.82) is 0 Å². The van der Waals surface area contributed by atoms with Crippen molar-refractivity contribution >= 4 is 0 Å². The lowest BCUT2D eigenvalue weighted by Crippen LogP contribution is -2.21. The van der Waals surface area contributed by atoms with E-state index in [9.17, 15) is 0 Å². The zero-order valence-electron chi connectivity index (χ0n) is 9.06. The van der Waals surface area contributed by atoms with Crippen LogP contribution < -0.4 is 5.32 Å². The van der Waals surface area contributed by atoms with E-state index in [0.717, 1.165) is 13.0 Å². The Balaban J connectivity index is 0. The Bertz CT molecular complexity index is 66.9. The third-order valence-corrected chi connectivity index (χ3v) is 1.90. The van der Waals surface area contributed by atoms with Gasteiger partial charge in [0, 0.05) is 7.11 Å². The van der Waals surface area contributed by atoms with Crippen LogP contribution in [0.2, 0.25) is 0 Å². The molecule has 0 aliphatic rings.